The minimum absolute atomic E-state index is 0.254. The molecular weight excluding hydrogens is 354 g/mol. The molecule has 3 N–H and O–H groups in total. The lowest BCUT2D eigenvalue weighted by molar-refractivity contribution is 0.259. The number of nitrogens with one attached hydrogen (secondary N) is 3. The van der Waals surface area contributed by atoms with Gasteiger partial charge in [0.1, 0.15) is 0 Å². The summed E-state index contributed by atoms with van der Waals surface area (Å²) in [5.74, 6) is 1.80. The average Bonchev–Trinajstić information content (AvgIpc) is 3.25. The lowest BCUT2D eigenvalue weighted by Crippen LogP contribution is -2.40. The van der Waals surface area contributed by atoms with Crippen LogP contribution < -0.4 is 10.6 Å². The third kappa shape index (κ3) is 2.98. The van der Waals surface area contributed by atoms with Crippen molar-refractivity contribution >= 4 is 16.6 Å². The highest BCUT2D eigenvalue weighted by Crippen LogP contribution is 2.49. The smallest absolute Gasteiger partial charge is 0.0732 e. The van der Waals surface area contributed by atoms with Crippen molar-refractivity contribution in [2.45, 2.75) is 57.0 Å². The number of aromatic amines is 1. The van der Waals surface area contributed by atoms with Gasteiger partial charge in [-0.2, -0.15) is 0 Å². The molecule has 3 aliphatic rings. The Morgan fingerprint density at radius 2 is 1.90 bits per heavy atom. The lowest BCUT2D eigenvalue weighted by atomic mass is 9.77. The van der Waals surface area contributed by atoms with Crippen molar-refractivity contribution in [1.82, 2.24) is 10.3 Å². The zero-order valence-electron chi connectivity index (χ0n) is 17.3. The normalized spacial score (nSPS) is 31.0. The first kappa shape index (κ1) is 17.6. The molecule has 0 spiro atoms. The van der Waals surface area contributed by atoms with E-state index in [2.05, 4.69) is 71.1 Å². The van der Waals surface area contributed by atoms with Crippen LogP contribution in [0.25, 0.3) is 10.9 Å². The van der Waals surface area contributed by atoms with E-state index in [-0.39, 0.29) is 6.04 Å². The first-order valence-electron chi connectivity index (χ1n) is 11.4. The zero-order chi connectivity index (χ0) is 19.4. The van der Waals surface area contributed by atoms with E-state index in [0.717, 1.165) is 24.8 Å². The molecule has 0 radical (unpaired) electrons. The molecule has 1 aliphatic heterocycles. The van der Waals surface area contributed by atoms with Gasteiger partial charge in [0, 0.05) is 34.4 Å². The quantitative estimate of drug-likeness (QED) is 0.534. The van der Waals surface area contributed by atoms with E-state index in [0.29, 0.717) is 5.54 Å². The van der Waals surface area contributed by atoms with E-state index in [1.807, 2.05) is 0 Å². The largest absolute Gasteiger partial charge is 0.380 e. The summed E-state index contributed by atoms with van der Waals surface area (Å²) in [6.45, 7) is 3.46. The second kappa shape index (κ2) is 6.63. The number of anilines is 1. The molecule has 2 aromatic carbocycles. The molecule has 2 aliphatic carbocycles. The molecule has 3 heteroatoms. The van der Waals surface area contributed by atoms with Crippen LogP contribution in [0.1, 0.15) is 61.9 Å². The molecule has 0 amide bonds. The fourth-order valence-electron chi connectivity index (χ4n) is 6.64. The van der Waals surface area contributed by atoms with Crippen LogP contribution in [0.2, 0.25) is 0 Å². The van der Waals surface area contributed by atoms with Crippen LogP contribution >= 0.6 is 0 Å². The summed E-state index contributed by atoms with van der Waals surface area (Å²) in [6, 6.07) is 18.2. The highest BCUT2D eigenvalue weighted by atomic mass is 15.0. The highest BCUT2D eigenvalue weighted by Gasteiger charge is 2.44. The Balaban J connectivity index is 1.27. The van der Waals surface area contributed by atoms with E-state index in [4.69, 9.17) is 0 Å². The molecule has 0 saturated heterocycles. The second-order valence-electron chi connectivity index (χ2n) is 9.88. The average molecular weight is 386 g/mol. The third-order valence-electron chi connectivity index (χ3n) is 7.70. The molecule has 6 rings (SSSR count). The number of H-pyrrole nitrogens is 1. The molecule has 3 aromatic rings. The fourth-order valence-corrected chi connectivity index (χ4v) is 6.64. The molecule has 2 saturated carbocycles. The van der Waals surface area contributed by atoms with Crippen molar-refractivity contribution in [3.05, 3.63) is 65.4 Å². The van der Waals surface area contributed by atoms with Crippen LogP contribution in [0.5, 0.6) is 0 Å². The Kier molecular flexibility index (Phi) is 4.02. The first-order valence-corrected chi connectivity index (χ1v) is 11.4. The van der Waals surface area contributed by atoms with Crippen LogP contribution in [-0.4, -0.2) is 17.1 Å². The van der Waals surface area contributed by atoms with Crippen LogP contribution in [-0.2, 0) is 6.42 Å². The monoisotopic (exact) mass is 385 g/mol. The zero-order valence-corrected chi connectivity index (χ0v) is 17.3. The van der Waals surface area contributed by atoms with Gasteiger partial charge in [0.15, 0.2) is 0 Å². The number of hydrogen-bond acceptors (Lipinski definition) is 2. The first-order chi connectivity index (χ1) is 14.2. The van der Waals surface area contributed by atoms with Crippen LogP contribution in [0.3, 0.4) is 0 Å². The fraction of sp³-hybridized carbons (Fsp3) is 0.462. The summed E-state index contributed by atoms with van der Waals surface area (Å²) in [7, 11) is 0. The van der Waals surface area contributed by atoms with Crippen molar-refractivity contribution in [2.24, 2.45) is 11.8 Å². The Morgan fingerprint density at radius 3 is 2.79 bits per heavy atom. The number of fused-ring (bicyclic) bond motifs is 5. The Morgan fingerprint density at radius 1 is 1.03 bits per heavy atom. The summed E-state index contributed by atoms with van der Waals surface area (Å²) in [5.41, 5.74) is 7.07. The van der Waals surface area contributed by atoms with Gasteiger partial charge in [0.25, 0.3) is 0 Å². The molecule has 150 valence electrons. The van der Waals surface area contributed by atoms with E-state index in [1.54, 1.807) is 0 Å². The molecule has 3 nitrogen and oxygen atoms in total. The van der Waals surface area contributed by atoms with Gasteiger partial charge in [0.05, 0.1) is 6.04 Å². The van der Waals surface area contributed by atoms with E-state index in [9.17, 15) is 0 Å². The van der Waals surface area contributed by atoms with Crippen molar-refractivity contribution < 1.29 is 0 Å². The van der Waals surface area contributed by atoms with Gasteiger partial charge in [0.2, 0.25) is 0 Å². The van der Waals surface area contributed by atoms with Gasteiger partial charge in [-0.3, -0.25) is 0 Å². The standard InChI is InChI=1S/C26H31N3/c1-17-14-18-10-12-26(15-17,16-18)29-20-8-6-19(7-9-20)24-25-22(11-13-27-24)21-4-2-3-5-23(21)28-25/h2-9,17-18,24,27-29H,10-16H2,1H3. The number of aromatic nitrogens is 1. The number of para-hydroxylation sites is 1. The van der Waals surface area contributed by atoms with Gasteiger partial charge in [-0.25, -0.2) is 0 Å². The summed E-state index contributed by atoms with van der Waals surface area (Å²) in [4.78, 5) is 3.69. The van der Waals surface area contributed by atoms with Crippen LogP contribution in [0.15, 0.2) is 48.5 Å². The highest BCUT2D eigenvalue weighted by molar-refractivity contribution is 5.85. The van der Waals surface area contributed by atoms with Crippen molar-refractivity contribution in [2.75, 3.05) is 11.9 Å². The second-order valence-corrected chi connectivity index (χ2v) is 9.88. The maximum Gasteiger partial charge on any atom is 0.0732 e. The van der Waals surface area contributed by atoms with E-state index in [1.165, 1.54) is 65.5 Å². The molecule has 4 atom stereocenters. The maximum absolute atomic E-state index is 3.96. The van der Waals surface area contributed by atoms with Gasteiger partial charge in [-0.05, 0) is 79.7 Å². The Bertz CT molecular complexity index is 1030. The molecule has 1 aromatic heterocycles. The van der Waals surface area contributed by atoms with E-state index < -0.39 is 0 Å². The Labute approximate surface area is 173 Å². The number of benzene rings is 2. The molecule has 4 unspecified atom stereocenters. The molecular formula is C26H31N3. The summed E-state index contributed by atoms with van der Waals surface area (Å²) in [6.07, 6.45) is 7.96. The number of hydrogen-bond donors (Lipinski definition) is 3. The molecule has 2 fully saturated rings. The predicted molar refractivity (Wildman–Crippen MR) is 120 cm³/mol. The van der Waals surface area contributed by atoms with Crippen molar-refractivity contribution in [3.63, 3.8) is 0 Å². The molecule has 29 heavy (non-hydrogen) atoms. The van der Waals surface area contributed by atoms with Gasteiger partial charge >= 0.3 is 0 Å². The minimum Gasteiger partial charge on any atom is -0.380 e. The third-order valence-corrected chi connectivity index (χ3v) is 7.70. The minimum atomic E-state index is 0.254. The predicted octanol–water partition coefficient (Wildman–Crippen LogP) is 5.78. The summed E-state index contributed by atoms with van der Waals surface area (Å²) >= 11 is 0. The topological polar surface area (TPSA) is 39.8 Å². The van der Waals surface area contributed by atoms with Crippen LogP contribution in [0.4, 0.5) is 5.69 Å². The SMILES string of the molecule is CC1CC2CCC(Nc3ccc(C4NCCc5c4[nH]c4ccccc54)cc3)(C1)C2. The number of rotatable bonds is 3. The maximum atomic E-state index is 3.96. The van der Waals surface area contributed by atoms with Gasteiger partial charge in [-0.1, -0.05) is 37.3 Å². The van der Waals surface area contributed by atoms with Crippen molar-refractivity contribution in [1.29, 1.82) is 0 Å². The summed E-state index contributed by atoms with van der Waals surface area (Å²) < 4.78 is 0. The molecule has 2 bridgehead atoms. The Hall–Kier alpha value is -2.26. The van der Waals surface area contributed by atoms with Gasteiger partial charge in [-0.15, -0.1) is 0 Å². The summed E-state index contributed by atoms with van der Waals surface area (Å²) in [5, 5.41) is 9.07. The van der Waals surface area contributed by atoms with E-state index >= 15 is 0 Å². The van der Waals surface area contributed by atoms with Crippen molar-refractivity contribution in [3.8, 4) is 0 Å². The molecule has 2 heterocycles. The van der Waals surface area contributed by atoms with Gasteiger partial charge < -0.3 is 15.6 Å². The van der Waals surface area contributed by atoms with Crippen LogP contribution in [0, 0.1) is 11.8 Å². The lowest BCUT2D eigenvalue weighted by Gasteiger charge is -2.38.